The zero-order chi connectivity index (χ0) is 23.8. The van der Waals surface area contributed by atoms with Crippen LogP contribution in [0.25, 0.3) is 0 Å². The monoisotopic (exact) mass is 474 g/mol. The standard InChI is InChI=1S/C23H30N4O5S/c1-18-11-15-26(16-12-18)14-3-2-13-24-23(28)19-7-9-20(10-8-19)25-33(31,32)22-6-4-5-21(17-22)27(29)30/h4-10,17-18,25H,2-3,11-16H2,1H3,(H,24,28). The summed E-state index contributed by atoms with van der Waals surface area (Å²) in [5.74, 6) is 0.608. The minimum absolute atomic E-state index is 0.211. The van der Waals surface area contributed by atoms with Gasteiger partial charge in [-0.3, -0.25) is 19.6 Å². The second-order valence-electron chi connectivity index (χ2n) is 8.42. The number of benzene rings is 2. The van der Waals surface area contributed by atoms with Gasteiger partial charge in [-0.25, -0.2) is 8.42 Å². The number of unbranched alkanes of at least 4 members (excludes halogenated alkanes) is 1. The smallest absolute Gasteiger partial charge is 0.270 e. The molecular weight excluding hydrogens is 444 g/mol. The Kier molecular flexibility index (Phi) is 8.40. The van der Waals surface area contributed by atoms with E-state index in [1.165, 1.54) is 55.3 Å². The number of rotatable bonds is 10. The van der Waals surface area contributed by atoms with Crippen molar-refractivity contribution >= 4 is 27.3 Å². The van der Waals surface area contributed by atoms with Gasteiger partial charge >= 0.3 is 0 Å². The minimum Gasteiger partial charge on any atom is -0.352 e. The Hall–Kier alpha value is -2.98. The van der Waals surface area contributed by atoms with Gasteiger partial charge in [-0.1, -0.05) is 13.0 Å². The Morgan fingerprint density at radius 1 is 1.12 bits per heavy atom. The van der Waals surface area contributed by atoms with E-state index in [1.54, 1.807) is 0 Å². The number of anilines is 1. The summed E-state index contributed by atoms with van der Waals surface area (Å²) in [5, 5.41) is 13.8. The van der Waals surface area contributed by atoms with Gasteiger partial charge in [-0.2, -0.15) is 0 Å². The van der Waals surface area contributed by atoms with Gasteiger partial charge in [0.1, 0.15) is 0 Å². The lowest BCUT2D eigenvalue weighted by Crippen LogP contribution is -2.34. The van der Waals surface area contributed by atoms with E-state index in [9.17, 15) is 23.3 Å². The molecule has 0 aliphatic carbocycles. The van der Waals surface area contributed by atoms with E-state index in [4.69, 9.17) is 0 Å². The first kappa shape index (κ1) is 24.7. The van der Waals surface area contributed by atoms with Crippen molar-refractivity contribution in [2.45, 2.75) is 37.5 Å². The zero-order valence-electron chi connectivity index (χ0n) is 18.7. The summed E-state index contributed by atoms with van der Waals surface area (Å²) < 4.78 is 27.4. The van der Waals surface area contributed by atoms with E-state index in [-0.39, 0.29) is 22.2 Å². The average Bonchev–Trinajstić information content (AvgIpc) is 2.80. The van der Waals surface area contributed by atoms with Crippen molar-refractivity contribution in [1.82, 2.24) is 10.2 Å². The highest BCUT2D eigenvalue weighted by atomic mass is 32.2. The van der Waals surface area contributed by atoms with Crippen LogP contribution >= 0.6 is 0 Å². The Morgan fingerprint density at radius 3 is 2.48 bits per heavy atom. The predicted molar refractivity (Wildman–Crippen MR) is 127 cm³/mol. The number of hydrogen-bond acceptors (Lipinski definition) is 6. The van der Waals surface area contributed by atoms with E-state index in [0.717, 1.165) is 44.5 Å². The van der Waals surface area contributed by atoms with Crippen molar-refractivity contribution in [1.29, 1.82) is 0 Å². The number of non-ortho nitro benzene ring substituents is 1. The largest absolute Gasteiger partial charge is 0.352 e. The fourth-order valence-corrected chi connectivity index (χ4v) is 4.82. The van der Waals surface area contributed by atoms with Gasteiger partial charge in [0.05, 0.1) is 9.82 Å². The molecule has 1 amide bonds. The number of hydrogen-bond donors (Lipinski definition) is 2. The van der Waals surface area contributed by atoms with Crippen LogP contribution in [0.1, 0.15) is 43.0 Å². The van der Waals surface area contributed by atoms with E-state index in [0.29, 0.717) is 12.1 Å². The highest BCUT2D eigenvalue weighted by Gasteiger charge is 2.18. The zero-order valence-corrected chi connectivity index (χ0v) is 19.5. The number of carbonyl (C=O) groups is 1. The second kappa shape index (κ2) is 11.2. The number of nitrogens with one attached hydrogen (secondary N) is 2. The molecule has 0 unspecified atom stereocenters. The first-order valence-electron chi connectivity index (χ1n) is 11.1. The van der Waals surface area contributed by atoms with Crippen molar-refractivity contribution in [2.24, 2.45) is 5.92 Å². The summed E-state index contributed by atoms with van der Waals surface area (Å²) in [4.78, 5) is 24.8. The lowest BCUT2D eigenvalue weighted by molar-refractivity contribution is -0.385. The Labute approximate surface area is 194 Å². The maximum Gasteiger partial charge on any atom is 0.270 e. The van der Waals surface area contributed by atoms with Crippen molar-refractivity contribution < 1.29 is 18.1 Å². The summed E-state index contributed by atoms with van der Waals surface area (Å²) in [5.41, 5.74) is 0.377. The molecule has 1 aliphatic rings. The van der Waals surface area contributed by atoms with Crippen molar-refractivity contribution in [3.63, 3.8) is 0 Å². The molecule has 0 aromatic heterocycles. The number of likely N-dealkylation sites (tertiary alicyclic amines) is 1. The Bertz CT molecular complexity index is 1060. The normalized spacial score (nSPS) is 15.2. The molecule has 1 heterocycles. The molecule has 10 heteroatoms. The van der Waals surface area contributed by atoms with Crippen molar-refractivity contribution in [3.8, 4) is 0 Å². The van der Waals surface area contributed by atoms with Crippen LogP contribution in [0, 0.1) is 16.0 Å². The molecule has 1 aliphatic heterocycles. The number of nitro benzene ring substituents is 1. The van der Waals surface area contributed by atoms with Crippen LogP contribution in [-0.2, 0) is 10.0 Å². The first-order valence-corrected chi connectivity index (χ1v) is 12.6. The molecule has 0 spiro atoms. The van der Waals surface area contributed by atoms with Gasteiger partial charge < -0.3 is 10.2 Å². The third-order valence-electron chi connectivity index (χ3n) is 5.80. The number of nitro groups is 1. The Morgan fingerprint density at radius 2 is 1.82 bits per heavy atom. The van der Waals surface area contributed by atoms with E-state index in [2.05, 4.69) is 21.9 Å². The summed E-state index contributed by atoms with van der Waals surface area (Å²) in [7, 11) is -3.99. The topological polar surface area (TPSA) is 122 Å². The lowest BCUT2D eigenvalue weighted by Gasteiger charge is -2.30. The van der Waals surface area contributed by atoms with E-state index in [1.807, 2.05) is 0 Å². The van der Waals surface area contributed by atoms with Crippen LogP contribution in [0.5, 0.6) is 0 Å². The van der Waals surface area contributed by atoms with Crippen molar-refractivity contribution in [2.75, 3.05) is 30.9 Å². The first-order chi connectivity index (χ1) is 15.7. The van der Waals surface area contributed by atoms with Crippen LogP contribution in [0.2, 0.25) is 0 Å². The molecule has 0 atom stereocenters. The molecule has 0 radical (unpaired) electrons. The van der Waals surface area contributed by atoms with Gasteiger partial charge in [0.2, 0.25) is 0 Å². The maximum atomic E-state index is 12.5. The number of nitrogens with zero attached hydrogens (tertiary/aromatic N) is 2. The molecule has 2 N–H and O–H groups in total. The number of piperidine rings is 1. The number of sulfonamides is 1. The van der Waals surface area contributed by atoms with Gasteiger partial charge in [-0.05, 0) is 81.6 Å². The number of amides is 1. The van der Waals surface area contributed by atoms with E-state index >= 15 is 0 Å². The summed E-state index contributed by atoms with van der Waals surface area (Å²) in [6.45, 7) is 6.26. The van der Waals surface area contributed by atoms with Gasteiger partial charge in [0, 0.05) is 29.9 Å². The highest BCUT2D eigenvalue weighted by molar-refractivity contribution is 7.92. The molecular formula is C23H30N4O5S. The van der Waals surface area contributed by atoms with Crippen LogP contribution in [-0.4, -0.2) is 50.3 Å². The summed E-state index contributed by atoms with van der Waals surface area (Å²) >= 11 is 0. The van der Waals surface area contributed by atoms with Gasteiger partial charge in [-0.15, -0.1) is 0 Å². The van der Waals surface area contributed by atoms with Crippen LogP contribution < -0.4 is 10.0 Å². The van der Waals surface area contributed by atoms with Gasteiger partial charge in [0.15, 0.2) is 0 Å². The molecule has 33 heavy (non-hydrogen) atoms. The Balaban J connectivity index is 1.45. The van der Waals surface area contributed by atoms with Crippen molar-refractivity contribution in [3.05, 3.63) is 64.2 Å². The number of carbonyl (C=O) groups excluding carboxylic acids is 1. The summed E-state index contributed by atoms with van der Waals surface area (Å²) in [6, 6.07) is 10.9. The predicted octanol–water partition coefficient (Wildman–Crippen LogP) is 3.64. The van der Waals surface area contributed by atoms with Crippen LogP contribution in [0.3, 0.4) is 0 Å². The molecule has 0 saturated carbocycles. The van der Waals surface area contributed by atoms with Crippen LogP contribution in [0.15, 0.2) is 53.4 Å². The second-order valence-corrected chi connectivity index (χ2v) is 10.1. The van der Waals surface area contributed by atoms with Crippen LogP contribution in [0.4, 0.5) is 11.4 Å². The molecule has 1 saturated heterocycles. The lowest BCUT2D eigenvalue weighted by atomic mass is 9.99. The molecule has 178 valence electrons. The third kappa shape index (κ3) is 7.26. The third-order valence-corrected chi connectivity index (χ3v) is 7.18. The fourth-order valence-electron chi connectivity index (χ4n) is 3.72. The van der Waals surface area contributed by atoms with E-state index < -0.39 is 14.9 Å². The molecule has 1 fully saturated rings. The SMILES string of the molecule is CC1CCN(CCCCNC(=O)c2ccc(NS(=O)(=O)c3cccc([N+](=O)[O-])c3)cc2)CC1. The molecule has 2 aromatic rings. The molecule has 9 nitrogen and oxygen atoms in total. The minimum atomic E-state index is -3.99. The molecule has 3 rings (SSSR count). The van der Waals surface area contributed by atoms with Gasteiger partial charge in [0.25, 0.3) is 21.6 Å². The molecule has 0 bridgehead atoms. The fraction of sp³-hybridized carbons (Fsp3) is 0.435. The summed E-state index contributed by atoms with van der Waals surface area (Å²) in [6.07, 6.45) is 4.45. The average molecular weight is 475 g/mol. The quantitative estimate of drug-likeness (QED) is 0.308. The highest BCUT2D eigenvalue weighted by Crippen LogP contribution is 2.21. The maximum absolute atomic E-state index is 12.5. The molecule has 2 aromatic carbocycles.